The van der Waals surface area contributed by atoms with Crippen LogP contribution in [0.5, 0.6) is 0 Å². The summed E-state index contributed by atoms with van der Waals surface area (Å²) in [4.78, 5) is 61.7. The number of aliphatic hydroxyl groups is 1. The number of hydrogen-bond donors (Lipinski definition) is 3. The maximum absolute atomic E-state index is 14.9. The van der Waals surface area contributed by atoms with E-state index >= 15 is 0 Å². The van der Waals surface area contributed by atoms with E-state index in [1.54, 1.807) is 25.8 Å². The molecular weight excluding hydrogens is 867 g/mol. The Bertz CT molecular complexity index is 2010. The number of rotatable bonds is 20. The predicted molar refractivity (Wildman–Crippen MR) is 255 cm³/mol. The molecule has 2 bridgehead atoms. The van der Waals surface area contributed by atoms with Gasteiger partial charge in [-0.3, -0.25) is 24.0 Å². The lowest BCUT2D eigenvalue weighted by Gasteiger charge is -2.53. The molecule has 68 heavy (non-hydrogen) atoms. The number of amides is 2. The van der Waals surface area contributed by atoms with Crippen LogP contribution in [0.1, 0.15) is 176 Å². The molecule has 4 aliphatic heterocycles. The summed E-state index contributed by atoms with van der Waals surface area (Å²) in [6, 6.07) is 6.71. The molecule has 4 heterocycles. The topological polar surface area (TPSA) is 174 Å². The van der Waals surface area contributed by atoms with Crippen molar-refractivity contribution >= 4 is 29.8 Å². The van der Waals surface area contributed by atoms with Crippen LogP contribution >= 0.6 is 0 Å². The average molecular weight is 948 g/mol. The van der Waals surface area contributed by atoms with Crippen molar-refractivity contribution in [1.82, 2.24) is 15.7 Å². The van der Waals surface area contributed by atoms with Crippen LogP contribution in [0.25, 0.3) is 6.08 Å². The van der Waals surface area contributed by atoms with Crippen molar-refractivity contribution in [2.75, 3.05) is 13.2 Å². The van der Waals surface area contributed by atoms with Crippen LogP contribution < -0.4 is 10.6 Å². The zero-order valence-electron chi connectivity index (χ0n) is 42.2. The summed E-state index contributed by atoms with van der Waals surface area (Å²) in [5.41, 5.74) is 1.90. The zero-order chi connectivity index (χ0) is 48.6. The number of carbonyl (C=O) groups is 4. The highest BCUT2D eigenvalue weighted by molar-refractivity contribution is 5.94. The average Bonchev–Trinajstić information content (AvgIpc) is 3.55. The number of carbonyl (C=O) groups excluding carboxylic acids is 4. The molecule has 14 nitrogen and oxygen atoms in total. The van der Waals surface area contributed by atoms with Crippen LogP contribution in [0.15, 0.2) is 29.8 Å². The van der Waals surface area contributed by atoms with Gasteiger partial charge in [-0.05, 0) is 107 Å². The number of esters is 2. The largest absolute Gasteiger partial charge is 0.460 e. The molecule has 4 saturated heterocycles. The van der Waals surface area contributed by atoms with Gasteiger partial charge in [-0.2, -0.15) is 5.06 Å². The van der Waals surface area contributed by atoms with E-state index in [-0.39, 0.29) is 51.0 Å². The first-order valence-corrected chi connectivity index (χ1v) is 26.2. The van der Waals surface area contributed by atoms with Gasteiger partial charge >= 0.3 is 11.9 Å². The van der Waals surface area contributed by atoms with Crippen molar-refractivity contribution in [2.45, 2.75) is 231 Å². The van der Waals surface area contributed by atoms with Crippen LogP contribution in [-0.2, 0) is 54.2 Å². The minimum atomic E-state index is -1.39. The number of epoxide rings is 1. The van der Waals surface area contributed by atoms with E-state index in [1.165, 1.54) is 18.4 Å². The van der Waals surface area contributed by atoms with E-state index < -0.39 is 77.1 Å². The van der Waals surface area contributed by atoms with Gasteiger partial charge in [0.05, 0.1) is 30.9 Å². The van der Waals surface area contributed by atoms with Crippen molar-refractivity contribution in [3.63, 3.8) is 0 Å². The Kier molecular flexibility index (Phi) is 15.3. The monoisotopic (exact) mass is 948 g/mol. The van der Waals surface area contributed by atoms with E-state index in [1.807, 2.05) is 0 Å². The fourth-order valence-corrected chi connectivity index (χ4v) is 12.7. The molecule has 8 rings (SSSR count). The summed E-state index contributed by atoms with van der Waals surface area (Å²) in [5.74, 6) is -1.42. The summed E-state index contributed by atoms with van der Waals surface area (Å²) in [5, 5.41) is 17.4. The highest BCUT2D eigenvalue weighted by atomic mass is 16.8. The van der Waals surface area contributed by atoms with E-state index in [0.717, 1.165) is 68.9 Å². The van der Waals surface area contributed by atoms with Gasteiger partial charge in [0.2, 0.25) is 11.8 Å². The van der Waals surface area contributed by atoms with Crippen LogP contribution in [-0.4, -0.2) is 107 Å². The van der Waals surface area contributed by atoms with E-state index in [4.69, 9.17) is 28.5 Å². The number of nitrogens with zero attached hydrogens (tertiary/aromatic N) is 1. The third kappa shape index (κ3) is 10.8. The number of unbranched alkanes of at least 4 members (excludes halogenated alkanes) is 4. The van der Waals surface area contributed by atoms with Gasteiger partial charge < -0.3 is 39.4 Å². The second-order valence-electron chi connectivity index (χ2n) is 23.2. The Labute approximate surface area is 404 Å². The quantitative estimate of drug-likeness (QED) is 0.0654. The Morgan fingerprint density at radius 1 is 0.941 bits per heavy atom. The second kappa shape index (κ2) is 20.4. The maximum Gasteiger partial charge on any atom is 0.327 e. The number of nitrogens with one attached hydrogen (secondary N) is 2. The maximum atomic E-state index is 14.9. The van der Waals surface area contributed by atoms with Gasteiger partial charge in [0.1, 0.15) is 35.4 Å². The minimum absolute atomic E-state index is 0.0255. The van der Waals surface area contributed by atoms with Crippen LogP contribution in [0.3, 0.4) is 0 Å². The fraction of sp³-hybridized carbons (Fsp3) is 0.778. The molecular formula is C54H81N3O11. The van der Waals surface area contributed by atoms with Gasteiger partial charge in [-0.25, -0.2) is 0 Å². The number of aliphatic hydroxyl groups excluding tert-OH is 1. The molecule has 3 aliphatic carbocycles. The normalized spacial score (nSPS) is 34.2. The van der Waals surface area contributed by atoms with Crippen LogP contribution in [0, 0.1) is 22.7 Å². The van der Waals surface area contributed by atoms with E-state index in [9.17, 15) is 24.3 Å². The fourth-order valence-electron chi connectivity index (χ4n) is 12.7. The zero-order valence-corrected chi connectivity index (χ0v) is 42.2. The second-order valence-corrected chi connectivity index (χ2v) is 23.2. The van der Waals surface area contributed by atoms with E-state index in [0.29, 0.717) is 36.2 Å². The standard InChI is InChI=1S/C54H81N3O11/c1-9-11-13-25-53(26-14-12-10-2)66-44-40-31-54(49(62)55-28-24-42(59)56-37(33-58)20-22-43(60)65-50(3,4)5)46(48(61)63-40)57(68-47(54)45(44)67-53)32-35-17-15-34(16-18-35)29-36-19-21-41-52(8,64-41)27-23-39-38(36)30-51(39,6)7/h15-18,29,37-41,44-47,58H,9-14,19-28,30-33H2,1-8H3,(H,55,62)(H,56,59)/t37-,38+,39+,40?,41?,44-,45-,46-,47+,52+,54?/m0/s1. The van der Waals surface area contributed by atoms with Crippen molar-refractivity contribution in [3.8, 4) is 0 Å². The Morgan fingerprint density at radius 2 is 1.65 bits per heavy atom. The van der Waals surface area contributed by atoms with Crippen LogP contribution in [0.4, 0.5) is 0 Å². The minimum Gasteiger partial charge on any atom is -0.460 e. The number of benzene rings is 1. The van der Waals surface area contributed by atoms with Crippen molar-refractivity contribution in [3.05, 3.63) is 41.0 Å². The number of ether oxygens (including phenoxy) is 5. The Morgan fingerprint density at radius 3 is 2.31 bits per heavy atom. The summed E-state index contributed by atoms with van der Waals surface area (Å²) in [7, 11) is 0. The highest BCUT2D eigenvalue weighted by Crippen LogP contribution is 2.61. The molecule has 0 spiro atoms. The summed E-state index contributed by atoms with van der Waals surface area (Å²) in [6.07, 6.45) is 13.1. The number of fused-ring (bicyclic) bond motifs is 6. The molecule has 2 amide bonds. The first kappa shape index (κ1) is 51.0. The SMILES string of the molecule is CCCCCC1(CCCCC)O[C@@H]2[C@H]3ON(Cc4ccc(C=C5CCC6O[C@]6(C)CC[C@@H]6[C@@H]5CC6(C)C)cc4)[C@H]4C(=O)OC(CC34C(=O)NCCC(=O)N[C@H](CO)CCC(=O)OC(C)(C)C)[C@@H]2O1. The van der Waals surface area contributed by atoms with Gasteiger partial charge in [-0.1, -0.05) is 89.3 Å². The summed E-state index contributed by atoms with van der Waals surface area (Å²) >= 11 is 0. The molecule has 1 aromatic carbocycles. The molecule has 3 unspecified atom stereocenters. The summed E-state index contributed by atoms with van der Waals surface area (Å²) in [6.45, 7) is 16.6. The summed E-state index contributed by atoms with van der Waals surface area (Å²) < 4.78 is 31.8. The van der Waals surface area contributed by atoms with E-state index in [2.05, 4.69) is 75.6 Å². The Hall–Kier alpha value is -3.40. The molecule has 0 aromatic heterocycles. The lowest BCUT2D eigenvalue weighted by molar-refractivity contribution is -0.224. The highest BCUT2D eigenvalue weighted by Gasteiger charge is 2.76. The third-order valence-corrected chi connectivity index (χ3v) is 16.4. The van der Waals surface area contributed by atoms with Crippen molar-refractivity contribution < 1.29 is 52.8 Å². The molecule has 11 atom stereocenters. The molecule has 14 heteroatoms. The molecule has 3 saturated carbocycles. The number of hydroxylamine groups is 2. The smallest absolute Gasteiger partial charge is 0.327 e. The Balaban J connectivity index is 1.00. The molecule has 7 fully saturated rings. The van der Waals surface area contributed by atoms with Gasteiger partial charge in [0, 0.05) is 38.6 Å². The molecule has 3 N–H and O–H groups in total. The number of hydrogen-bond acceptors (Lipinski definition) is 12. The van der Waals surface area contributed by atoms with Gasteiger partial charge in [-0.15, -0.1) is 0 Å². The van der Waals surface area contributed by atoms with Crippen molar-refractivity contribution in [2.24, 2.45) is 22.7 Å². The number of allylic oxidation sites excluding steroid dienone is 1. The van der Waals surface area contributed by atoms with Gasteiger partial charge in [0.25, 0.3) is 0 Å². The lowest BCUT2D eigenvalue weighted by Crippen LogP contribution is -2.69. The molecule has 378 valence electrons. The first-order valence-electron chi connectivity index (χ1n) is 26.2. The van der Waals surface area contributed by atoms with Gasteiger partial charge in [0.15, 0.2) is 11.8 Å². The lowest BCUT2D eigenvalue weighted by atomic mass is 9.52. The van der Waals surface area contributed by atoms with Crippen molar-refractivity contribution in [1.29, 1.82) is 0 Å². The third-order valence-electron chi connectivity index (χ3n) is 16.4. The molecule has 7 aliphatic rings. The molecule has 0 radical (unpaired) electrons. The molecule has 1 aromatic rings. The predicted octanol–water partition coefficient (Wildman–Crippen LogP) is 8.01. The first-order chi connectivity index (χ1) is 32.3. The van der Waals surface area contributed by atoms with Crippen LogP contribution in [0.2, 0.25) is 0 Å².